The van der Waals surface area contributed by atoms with Crippen molar-refractivity contribution in [3.05, 3.63) is 54.1 Å². The van der Waals surface area contributed by atoms with Gasteiger partial charge in [0, 0.05) is 12.2 Å². The lowest BCUT2D eigenvalue weighted by Gasteiger charge is -2.09. The van der Waals surface area contributed by atoms with Gasteiger partial charge in [-0.05, 0) is 55.8 Å². The number of amides is 2. The van der Waals surface area contributed by atoms with E-state index in [9.17, 15) is 9.59 Å². The first-order valence-corrected chi connectivity index (χ1v) is 8.05. The lowest BCUT2D eigenvalue weighted by Crippen LogP contribution is -2.28. The second-order valence-electron chi connectivity index (χ2n) is 5.42. The van der Waals surface area contributed by atoms with Crippen LogP contribution in [0.3, 0.4) is 0 Å². The van der Waals surface area contributed by atoms with Crippen LogP contribution in [-0.4, -0.2) is 31.6 Å². The van der Waals surface area contributed by atoms with Crippen LogP contribution in [0.5, 0.6) is 11.5 Å². The van der Waals surface area contributed by atoms with Crippen molar-refractivity contribution >= 4 is 17.5 Å². The fourth-order valence-electron chi connectivity index (χ4n) is 2.08. The Morgan fingerprint density at radius 2 is 1.60 bits per heavy atom. The molecular formula is C19H22N2O4. The van der Waals surface area contributed by atoms with Crippen molar-refractivity contribution in [3.63, 3.8) is 0 Å². The first-order chi connectivity index (χ1) is 12.1. The number of benzene rings is 2. The van der Waals surface area contributed by atoms with Crippen molar-refractivity contribution in [2.24, 2.45) is 0 Å². The molecule has 0 heterocycles. The van der Waals surface area contributed by atoms with Crippen molar-refractivity contribution in [1.29, 1.82) is 0 Å². The van der Waals surface area contributed by atoms with Crippen LogP contribution in [0.4, 0.5) is 5.69 Å². The van der Waals surface area contributed by atoms with Gasteiger partial charge >= 0.3 is 0 Å². The van der Waals surface area contributed by atoms with Crippen molar-refractivity contribution in [3.8, 4) is 11.5 Å². The molecule has 2 N–H and O–H groups in total. The molecule has 25 heavy (non-hydrogen) atoms. The van der Waals surface area contributed by atoms with E-state index in [1.807, 2.05) is 32.0 Å². The molecular weight excluding hydrogens is 320 g/mol. The number of nitrogens with one attached hydrogen (secondary N) is 2. The van der Waals surface area contributed by atoms with Crippen LogP contribution in [0.15, 0.2) is 48.5 Å². The molecule has 0 aromatic heterocycles. The van der Waals surface area contributed by atoms with Crippen LogP contribution in [0.2, 0.25) is 0 Å². The summed E-state index contributed by atoms with van der Waals surface area (Å²) in [6.07, 6.45) is 0. The maximum Gasteiger partial charge on any atom is 0.262 e. The number of carbonyl (C=O) groups is 2. The summed E-state index contributed by atoms with van der Waals surface area (Å²) in [7, 11) is 0. The highest BCUT2D eigenvalue weighted by Crippen LogP contribution is 2.16. The Morgan fingerprint density at radius 1 is 0.920 bits per heavy atom. The van der Waals surface area contributed by atoms with Gasteiger partial charge in [-0.1, -0.05) is 12.1 Å². The average Bonchev–Trinajstić information content (AvgIpc) is 2.60. The van der Waals surface area contributed by atoms with Crippen molar-refractivity contribution in [2.75, 3.05) is 25.1 Å². The van der Waals surface area contributed by atoms with Gasteiger partial charge in [0.25, 0.3) is 11.8 Å². The topological polar surface area (TPSA) is 76.7 Å². The maximum atomic E-state index is 11.9. The van der Waals surface area contributed by atoms with E-state index in [0.29, 0.717) is 23.7 Å². The van der Waals surface area contributed by atoms with Crippen LogP contribution >= 0.6 is 0 Å². The molecule has 2 aromatic rings. The fourth-order valence-corrected chi connectivity index (χ4v) is 2.08. The maximum absolute atomic E-state index is 11.9. The Bertz CT molecular complexity index is 714. The molecule has 2 rings (SSSR count). The number of hydrogen-bond donors (Lipinski definition) is 2. The van der Waals surface area contributed by atoms with Gasteiger partial charge in [-0.15, -0.1) is 0 Å². The molecule has 0 aliphatic carbocycles. The Hall–Kier alpha value is -3.02. The predicted molar refractivity (Wildman–Crippen MR) is 95.9 cm³/mol. The largest absolute Gasteiger partial charge is 0.484 e. The number of aryl methyl sites for hydroxylation is 1. The van der Waals surface area contributed by atoms with Gasteiger partial charge in [-0.3, -0.25) is 9.59 Å². The minimum absolute atomic E-state index is 0.0378. The molecule has 6 heteroatoms. The third kappa shape index (κ3) is 6.55. The second kappa shape index (κ2) is 9.32. The van der Waals surface area contributed by atoms with E-state index in [0.717, 1.165) is 5.56 Å². The summed E-state index contributed by atoms with van der Waals surface area (Å²) in [4.78, 5) is 23.3. The molecule has 0 radical (unpaired) electrons. The van der Waals surface area contributed by atoms with Gasteiger partial charge in [0.2, 0.25) is 0 Å². The summed E-state index contributed by atoms with van der Waals surface area (Å²) in [5.41, 5.74) is 1.70. The monoisotopic (exact) mass is 342 g/mol. The number of hydrogen-bond acceptors (Lipinski definition) is 4. The zero-order valence-electron chi connectivity index (χ0n) is 14.4. The van der Waals surface area contributed by atoms with E-state index < -0.39 is 0 Å². The molecule has 6 nitrogen and oxygen atoms in total. The minimum atomic E-state index is -0.252. The number of carbonyl (C=O) groups excluding carboxylic acids is 2. The molecule has 132 valence electrons. The third-order valence-electron chi connectivity index (χ3n) is 3.24. The van der Waals surface area contributed by atoms with Crippen molar-refractivity contribution < 1.29 is 19.1 Å². The molecule has 0 unspecified atom stereocenters. The Kier molecular flexibility index (Phi) is 6.83. The molecule has 2 aromatic carbocycles. The zero-order chi connectivity index (χ0) is 18.1. The van der Waals surface area contributed by atoms with Gasteiger partial charge in [0.05, 0.1) is 0 Å². The highest BCUT2D eigenvalue weighted by Gasteiger charge is 2.05. The highest BCUT2D eigenvalue weighted by molar-refractivity contribution is 5.91. The molecule has 0 saturated carbocycles. The normalized spacial score (nSPS) is 10.0. The zero-order valence-corrected chi connectivity index (χ0v) is 14.4. The Labute approximate surface area is 147 Å². The van der Waals surface area contributed by atoms with E-state index in [4.69, 9.17) is 9.47 Å². The molecule has 0 bridgehead atoms. The summed E-state index contributed by atoms with van der Waals surface area (Å²) < 4.78 is 10.8. The number of rotatable bonds is 8. The Morgan fingerprint density at radius 3 is 2.28 bits per heavy atom. The number of likely N-dealkylation sites (N-methyl/N-ethyl adjacent to an activating group) is 1. The fraction of sp³-hybridized carbons (Fsp3) is 0.263. The second-order valence-corrected chi connectivity index (χ2v) is 5.42. The van der Waals surface area contributed by atoms with E-state index in [-0.39, 0.29) is 25.0 Å². The standard InChI is InChI=1S/C19H22N2O4/c1-3-20-18(22)12-24-16-9-7-15(8-10-16)21-19(23)13-25-17-6-4-5-14(2)11-17/h4-11H,3,12-13H2,1-2H3,(H,20,22)(H,21,23). The molecule has 0 aliphatic rings. The first-order valence-electron chi connectivity index (χ1n) is 8.05. The first kappa shape index (κ1) is 18.3. The van der Waals surface area contributed by atoms with Crippen LogP contribution in [0.1, 0.15) is 12.5 Å². The summed E-state index contributed by atoms with van der Waals surface area (Å²) in [5, 5.41) is 5.39. The lowest BCUT2D eigenvalue weighted by atomic mass is 10.2. The van der Waals surface area contributed by atoms with E-state index in [2.05, 4.69) is 10.6 Å². The molecule has 0 atom stereocenters. The van der Waals surface area contributed by atoms with Gasteiger partial charge in [-0.2, -0.15) is 0 Å². The van der Waals surface area contributed by atoms with Crippen molar-refractivity contribution in [2.45, 2.75) is 13.8 Å². The average molecular weight is 342 g/mol. The van der Waals surface area contributed by atoms with Gasteiger partial charge in [-0.25, -0.2) is 0 Å². The summed E-state index contributed by atoms with van der Waals surface area (Å²) in [6, 6.07) is 14.3. The minimum Gasteiger partial charge on any atom is -0.484 e. The SMILES string of the molecule is CCNC(=O)COc1ccc(NC(=O)COc2cccc(C)c2)cc1. The molecule has 0 aliphatic heterocycles. The highest BCUT2D eigenvalue weighted by atomic mass is 16.5. The quantitative estimate of drug-likeness (QED) is 0.773. The summed E-state index contributed by atoms with van der Waals surface area (Å²) >= 11 is 0. The molecule has 0 saturated heterocycles. The van der Waals surface area contributed by atoms with Gasteiger partial charge in [0.1, 0.15) is 11.5 Å². The summed E-state index contributed by atoms with van der Waals surface area (Å²) in [5.74, 6) is 0.787. The molecule has 2 amide bonds. The Balaban J connectivity index is 1.78. The van der Waals surface area contributed by atoms with Crippen LogP contribution in [0.25, 0.3) is 0 Å². The van der Waals surface area contributed by atoms with Crippen LogP contribution in [0, 0.1) is 6.92 Å². The van der Waals surface area contributed by atoms with Crippen molar-refractivity contribution in [1.82, 2.24) is 5.32 Å². The van der Waals surface area contributed by atoms with Gasteiger partial charge in [0.15, 0.2) is 13.2 Å². The predicted octanol–water partition coefficient (Wildman–Crippen LogP) is 2.53. The third-order valence-corrected chi connectivity index (χ3v) is 3.24. The van der Waals surface area contributed by atoms with Crippen LogP contribution in [-0.2, 0) is 9.59 Å². The van der Waals surface area contributed by atoms with E-state index >= 15 is 0 Å². The number of anilines is 1. The smallest absolute Gasteiger partial charge is 0.262 e. The lowest BCUT2D eigenvalue weighted by molar-refractivity contribution is -0.123. The molecule has 0 fully saturated rings. The van der Waals surface area contributed by atoms with E-state index in [1.165, 1.54) is 0 Å². The van der Waals surface area contributed by atoms with E-state index in [1.54, 1.807) is 30.3 Å². The summed E-state index contributed by atoms with van der Waals surface area (Å²) in [6.45, 7) is 4.26. The van der Waals surface area contributed by atoms with Crippen LogP contribution < -0.4 is 20.1 Å². The van der Waals surface area contributed by atoms with Gasteiger partial charge < -0.3 is 20.1 Å². The number of ether oxygens (including phenoxy) is 2. The molecule has 0 spiro atoms.